The first-order chi connectivity index (χ1) is 7.58. The van der Waals surface area contributed by atoms with E-state index in [9.17, 15) is 0 Å². The van der Waals surface area contributed by atoms with Gasteiger partial charge < -0.3 is 0 Å². The van der Waals surface area contributed by atoms with E-state index >= 15 is 0 Å². The first-order valence-electron chi connectivity index (χ1n) is 4.51. The first-order valence-corrected chi connectivity index (χ1v) is 6.51. The molecule has 1 atom stereocenters. The van der Waals surface area contributed by atoms with Gasteiger partial charge in [-0.05, 0) is 25.1 Å². The molecule has 0 aliphatic carbocycles. The molecule has 0 radical (unpaired) electrons. The molecule has 0 N–H and O–H groups in total. The monoisotopic (exact) mass is 292 g/mol. The van der Waals surface area contributed by atoms with Crippen molar-refractivity contribution in [1.29, 1.82) is 0 Å². The van der Waals surface area contributed by atoms with Crippen LogP contribution in [-0.2, 0) is 0 Å². The molecule has 2 rings (SSSR count). The Hall–Kier alpha value is -0.350. The van der Waals surface area contributed by atoms with Crippen molar-refractivity contribution >= 4 is 46.1 Å². The second kappa shape index (κ2) is 4.88. The Morgan fingerprint density at radius 1 is 1.25 bits per heavy atom. The minimum atomic E-state index is -0.149. The van der Waals surface area contributed by atoms with E-state index in [2.05, 4.69) is 10.2 Å². The van der Waals surface area contributed by atoms with Gasteiger partial charge >= 0.3 is 0 Å². The molecule has 2 aromatic rings. The Labute approximate surface area is 112 Å². The van der Waals surface area contributed by atoms with Crippen LogP contribution in [0, 0.1) is 0 Å². The average molecular weight is 294 g/mol. The van der Waals surface area contributed by atoms with E-state index in [1.165, 1.54) is 11.3 Å². The Kier molecular flexibility index (Phi) is 3.70. The number of hydrogen-bond donors (Lipinski definition) is 0. The molecule has 0 saturated carbocycles. The standard InChI is InChI=1S/C10H7Cl3N2S/c1-5(11)9-14-15-10(16-9)7-4-6(12)2-3-8(7)13/h2-5H,1H3. The molecule has 84 valence electrons. The molecule has 0 aliphatic heterocycles. The molecule has 0 aliphatic rings. The van der Waals surface area contributed by atoms with Gasteiger partial charge in [0, 0.05) is 10.6 Å². The van der Waals surface area contributed by atoms with Crippen LogP contribution >= 0.6 is 46.1 Å². The van der Waals surface area contributed by atoms with Crippen LogP contribution in [0.5, 0.6) is 0 Å². The minimum Gasteiger partial charge on any atom is -0.142 e. The summed E-state index contributed by atoms with van der Waals surface area (Å²) >= 11 is 19.3. The zero-order valence-corrected chi connectivity index (χ0v) is 11.3. The van der Waals surface area contributed by atoms with Gasteiger partial charge in [-0.2, -0.15) is 0 Å². The van der Waals surface area contributed by atoms with Gasteiger partial charge in [-0.1, -0.05) is 34.5 Å². The zero-order valence-electron chi connectivity index (χ0n) is 8.25. The van der Waals surface area contributed by atoms with Crippen molar-refractivity contribution in [2.75, 3.05) is 0 Å². The third-order valence-corrected chi connectivity index (χ3v) is 3.98. The van der Waals surface area contributed by atoms with E-state index in [4.69, 9.17) is 34.8 Å². The normalized spacial score (nSPS) is 12.8. The van der Waals surface area contributed by atoms with E-state index in [0.29, 0.717) is 10.0 Å². The summed E-state index contributed by atoms with van der Waals surface area (Å²) in [5, 5.41) is 10.6. The first kappa shape index (κ1) is 12.1. The maximum atomic E-state index is 6.07. The summed E-state index contributed by atoms with van der Waals surface area (Å²) in [5.41, 5.74) is 0.787. The lowest BCUT2D eigenvalue weighted by Gasteiger charge is -1.99. The predicted molar refractivity (Wildman–Crippen MR) is 69.6 cm³/mol. The minimum absolute atomic E-state index is 0.149. The van der Waals surface area contributed by atoms with Crippen molar-refractivity contribution in [1.82, 2.24) is 10.2 Å². The summed E-state index contributed by atoms with van der Waals surface area (Å²) in [4.78, 5) is 0. The zero-order chi connectivity index (χ0) is 11.7. The Morgan fingerprint density at radius 2 is 2.00 bits per heavy atom. The fraction of sp³-hybridized carbons (Fsp3) is 0.200. The topological polar surface area (TPSA) is 25.8 Å². The van der Waals surface area contributed by atoms with Crippen LogP contribution in [0.4, 0.5) is 0 Å². The SMILES string of the molecule is CC(Cl)c1nnc(-c2cc(Cl)ccc2Cl)s1. The molecule has 0 bridgehead atoms. The number of hydrogen-bond acceptors (Lipinski definition) is 3. The van der Waals surface area contributed by atoms with Crippen LogP contribution in [0.3, 0.4) is 0 Å². The molecule has 0 saturated heterocycles. The highest BCUT2D eigenvalue weighted by Crippen LogP contribution is 2.34. The Balaban J connectivity index is 2.46. The summed E-state index contributed by atoms with van der Waals surface area (Å²) in [7, 11) is 0. The van der Waals surface area contributed by atoms with E-state index in [1.54, 1.807) is 18.2 Å². The molecule has 1 unspecified atom stereocenters. The fourth-order valence-electron chi connectivity index (χ4n) is 1.17. The van der Waals surface area contributed by atoms with Gasteiger partial charge in [0.05, 0.1) is 10.4 Å². The van der Waals surface area contributed by atoms with Gasteiger partial charge in [0.2, 0.25) is 0 Å². The molecule has 0 spiro atoms. The summed E-state index contributed by atoms with van der Waals surface area (Å²) in [5.74, 6) is 0. The molecule has 0 fully saturated rings. The van der Waals surface area contributed by atoms with Gasteiger partial charge in [-0.25, -0.2) is 0 Å². The van der Waals surface area contributed by atoms with Crippen LogP contribution in [-0.4, -0.2) is 10.2 Å². The van der Waals surface area contributed by atoms with Gasteiger partial charge in [-0.15, -0.1) is 21.8 Å². The maximum absolute atomic E-state index is 6.07. The van der Waals surface area contributed by atoms with Crippen molar-refractivity contribution in [3.8, 4) is 10.6 Å². The second-order valence-electron chi connectivity index (χ2n) is 3.19. The largest absolute Gasteiger partial charge is 0.149 e. The quantitative estimate of drug-likeness (QED) is 0.742. The molecule has 1 aromatic carbocycles. The molecular formula is C10H7Cl3N2S. The molecular weight excluding hydrogens is 287 g/mol. The molecule has 6 heteroatoms. The van der Waals surface area contributed by atoms with E-state index in [1.807, 2.05) is 6.92 Å². The van der Waals surface area contributed by atoms with Crippen LogP contribution in [0.15, 0.2) is 18.2 Å². The lowest BCUT2D eigenvalue weighted by Crippen LogP contribution is -1.81. The number of benzene rings is 1. The van der Waals surface area contributed by atoms with Crippen LogP contribution in [0.2, 0.25) is 10.0 Å². The van der Waals surface area contributed by atoms with Crippen LogP contribution < -0.4 is 0 Å². The Morgan fingerprint density at radius 3 is 2.62 bits per heavy atom. The van der Waals surface area contributed by atoms with Gasteiger partial charge in [-0.3, -0.25) is 0 Å². The van der Waals surface area contributed by atoms with E-state index < -0.39 is 0 Å². The summed E-state index contributed by atoms with van der Waals surface area (Å²) < 4.78 is 0. The molecule has 1 heterocycles. The van der Waals surface area contributed by atoms with E-state index in [-0.39, 0.29) is 5.38 Å². The number of alkyl halides is 1. The van der Waals surface area contributed by atoms with Crippen molar-refractivity contribution in [3.05, 3.63) is 33.3 Å². The van der Waals surface area contributed by atoms with Crippen molar-refractivity contribution in [3.63, 3.8) is 0 Å². The number of rotatable bonds is 2. The molecule has 16 heavy (non-hydrogen) atoms. The summed E-state index contributed by atoms with van der Waals surface area (Å²) in [6.45, 7) is 1.85. The highest BCUT2D eigenvalue weighted by atomic mass is 35.5. The molecule has 2 nitrogen and oxygen atoms in total. The summed E-state index contributed by atoms with van der Waals surface area (Å²) in [6, 6.07) is 5.25. The van der Waals surface area contributed by atoms with Crippen LogP contribution in [0.25, 0.3) is 10.6 Å². The third kappa shape index (κ3) is 2.48. The summed E-state index contributed by atoms with van der Waals surface area (Å²) in [6.07, 6.45) is 0. The highest BCUT2D eigenvalue weighted by molar-refractivity contribution is 7.15. The fourth-order valence-corrected chi connectivity index (χ4v) is 2.58. The van der Waals surface area contributed by atoms with Gasteiger partial charge in [0.25, 0.3) is 0 Å². The predicted octanol–water partition coefficient (Wildman–Crippen LogP) is 4.81. The van der Waals surface area contributed by atoms with Gasteiger partial charge in [0.1, 0.15) is 10.0 Å². The molecule has 1 aromatic heterocycles. The second-order valence-corrected chi connectivity index (χ2v) is 5.69. The number of halogens is 3. The van der Waals surface area contributed by atoms with Crippen molar-refractivity contribution in [2.45, 2.75) is 12.3 Å². The van der Waals surface area contributed by atoms with Crippen molar-refractivity contribution in [2.24, 2.45) is 0 Å². The number of aromatic nitrogens is 2. The van der Waals surface area contributed by atoms with Crippen LogP contribution in [0.1, 0.15) is 17.3 Å². The lowest BCUT2D eigenvalue weighted by atomic mass is 10.2. The van der Waals surface area contributed by atoms with E-state index in [0.717, 1.165) is 15.6 Å². The van der Waals surface area contributed by atoms with Crippen molar-refractivity contribution < 1.29 is 0 Å². The average Bonchev–Trinajstić information content (AvgIpc) is 2.70. The number of nitrogens with zero attached hydrogens (tertiary/aromatic N) is 2. The highest BCUT2D eigenvalue weighted by Gasteiger charge is 2.13. The lowest BCUT2D eigenvalue weighted by molar-refractivity contribution is 0.962. The Bertz CT molecular complexity index is 511. The third-order valence-electron chi connectivity index (χ3n) is 1.94. The maximum Gasteiger partial charge on any atom is 0.149 e. The smallest absolute Gasteiger partial charge is 0.142 e. The van der Waals surface area contributed by atoms with Gasteiger partial charge in [0.15, 0.2) is 0 Å². The molecule has 0 amide bonds.